The molecule has 0 N–H and O–H groups in total. The Morgan fingerprint density at radius 1 is 1.21 bits per heavy atom. The highest BCUT2D eigenvalue weighted by Gasteiger charge is 2.53. The van der Waals surface area contributed by atoms with Crippen molar-refractivity contribution in [2.75, 3.05) is 7.04 Å². The zero-order chi connectivity index (χ0) is 16.9. The second kappa shape index (κ2) is 4.49. The van der Waals surface area contributed by atoms with Gasteiger partial charge in [0.05, 0.1) is 27.8 Å². The van der Waals surface area contributed by atoms with Crippen LogP contribution in [0.15, 0.2) is 12.1 Å². The minimum atomic E-state index is -2.68. The highest BCUT2D eigenvalue weighted by molar-refractivity contribution is 6.63. The van der Waals surface area contributed by atoms with Crippen LogP contribution in [0.4, 0.5) is 4.39 Å². The van der Waals surface area contributed by atoms with Crippen molar-refractivity contribution in [3.05, 3.63) is 23.5 Å². The molecule has 0 unspecified atom stereocenters. The highest BCUT2D eigenvalue weighted by Crippen LogP contribution is 2.37. The van der Waals surface area contributed by atoms with Gasteiger partial charge in [0.2, 0.25) is 0 Å². The lowest BCUT2D eigenvalue weighted by atomic mass is 9.77. The van der Waals surface area contributed by atoms with Crippen LogP contribution in [-0.4, -0.2) is 25.4 Å². The van der Waals surface area contributed by atoms with Gasteiger partial charge in [0, 0.05) is 0 Å². The Balaban J connectivity index is 2.48. The smallest absolute Gasteiger partial charge is 0.497 e. The largest absolute Gasteiger partial charge is 0.501 e. The van der Waals surface area contributed by atoms with Crippen LogP contribution in [0, 0.1) is 12.7 Å². The van der Waals surface area contributed by atoms with Gasteiger partial charge in [-0.3, -0.25) is 0 Å². The number of ether oxygens (including phenoxy) is 1. The molecule has 1 fully saturated rings. The molecule has 0 bridgehead atoms. The van der Waals surface area contributed by atoms with E-state index in [0.717, 1.165) is 0 Å². The molecule has 1 aliphatic heterocycles. The van der Waals surface area contributed by atoms with Crippen LogP contribution in [0.5, 0.6) is 5.75 Å². The van der Waals surface area contributed by atoms with Crippen LogP contribution >= 0.6 is 0 Å². The van der Waals surface area contributed by atoms with Gasteiger partial charge in [-0.25, -0.2) is 4.39 Å². The van der Waals surface area contributed by atoms with E-state index in [1.165, 1.54) is 12.1 Å². The molecule has 0 aromatic heterocycles. The Bertz CT molecular complexity index is 571. The van der Waals surface area contributed by atoms with E-state index < -0.39 is 31.2 Å². The van der Waals surface area contributed by atoms with Gasteiger partial charge < -0.3 is 14.0 Å². The molecule has 1 aromatic carbocycles. The molecule has 1 aromatic rings. The van der Waals surface area contributed by atoms with E-state index in [4.69, 9.17) is 18.2 Å². The Hall–Kier alpha value is -1.07. The van der Waals surface area contributed by atoms with E-state index in [1.807, 2.05) is 27.7 Å². The topological polar surface area (TPSA) is 27.7 Å². The molecule has 0 radical (unpaired) electrons. The van der Waals surface area contributed by atoms with Crippen molar-refractivity contribution in [3.8, 4) is 5.75 Å². The number of hydrogen-bond donors (Lipinski definition) is 0. The number of hydrogen-bond acceptors (Lipinski definition) is 3. The van der Waals surface area contributed by atoms with Crippen LogP contribution in [0.25, 0.3) is 0 Å². The van der Waals surface area contributed by atoms with E-state index in [2.05, 4.69) is 0 Å². The van der Waals surface area contributed by atoms with Gasteiger partial charge in [0.25, 0.3) is 0 Å². The van der Waals surface area contributed by atoms with Gasteiger partial charge in [-0.15, -0.1) is 0 Å². The molecule has 104 valence electrons. The third-order valence-electron chi connectivity index (χ3n) is 3.93. The van der Waals surface area contributed by atoms with Gasteiger partial charge in [0.15, 0.2) is 0 Å². The SMILES string of the molecule is [2H]C([2H])([2H])Oc1ccc(C)c(F)c1B1OC(C)(C)C(C)(C)O1. The lowest BCUT2D eigenvalue weighted by Crippen LogP contribution is -2.41. The summed E-state index contributed by atoms with van der Waals surface area (Å²) in [5.41, 5.74) is -0.978. The molecule has 0 atom stereocenters. The minimum absolute atomic E-state index is 0.0187. The molecular formula is C14H20BFO3. The molecule has 19 heavy (non-hydrogen) atoms. The standard InChI is InChI=1S/C14H20BFO3/c1-9-7-8-10(17-6)11(12(9)16)15-18-13(2,3)14(4,5)19-15/h7-8H,1-6H3/i6D3. The average Bonchev–Trinajstić information content (AvgIpc) is 2.51. The molecule has 1 heterocycles. The zero-order valence-corrected chi connectivity index (χ0v) is 11.8. The predicted octanol–water partition coefficient (Wildman–Crippen LogP) is 2.44. The third kappa shape index (κ3) is 2.25. The number of methoxy groups -OCH3 is 1. The summed E-state index contributed by atoms with van der Waals surface area (Å²) in [7, 11) is -3.71. The molecule has 1 aliphatic rings. The molecule has 3 nitrogen and oxygen atoms in total. The quantitative estimate of drug-likeness (QED) is 0.772. The molecule has 5 heteroatoms. The van der Waals surface area contributed by atoms with Crippen molar-refractivity contribution in [2.45, 2.75) is 45.8 Å². The van der Waals surface area contributed by atoms with Crippen molar-refractivity contribution in [2.24, 2.45) is 0 Å². The first-order valence-corrected chi connectivity index (χ1v) is 6.18. The Labute approximate surface area is 118 Å². The Kier molecular flexibility index (Phi) is 2.53. The van der Waals surface area contributed by atoms with E-state index in [-0.39, 0.29) is 11.2 Å². The van der Waals surface area contributed by atoms with Crippen LogP contribution in [0.1, 0.15) is 37.4 Å². The first-order chi connectivity index (χ1) is 9.84. The van der Waals surface area contributed by atoms with Gasteiger partial charge in [-0.1, -0.05) is 6.07 Å². The summed E-state index contributed by atoms with van der Waals surface area (Å²) in [6.07, 6.45) is 0. The second-order valence-electron chi connectivity index (χ2n) is 5.80. The van der Waals surface area contributed by atoms with Crippen LogP contribution in [0.2, 0.25) is 0 Å². The summed E-state index contributed by atoms with van der Waals surface area (Å²) < 4.78 is 52.8. The monoisotopic (exact) mass is 269 g/mol. The lowest BCUT2D eigenvalue weighted by Gasteiger charge is -2.32. The summed E-state index contributed by atoms with van der Waals surface area (Å²) in [6, 6.07) is 2.89. The van der Waals surface area contributed by atoms with Gasteiger partial charge in [0.1, 0.15) is 11.6 Å². The fourth-order valence-electron chi connectivity index (χ4n) is 1.95. The third-order valence-corrected chi connectivity index (χ3v) is 3.93. The maximum atomic E-state index is 14.6. The van der Waals surface area contributed by atoms with Crippen LogP contribution in [0.3, 0.4) is 0 Å². The van der Waals surface area contributed by atoms with Gasteiger partial charge >= 0.3 is 7.12 Å². The summed E-state index contributed by atoms with van der Waals surface area (Å²) in [4.78, 5) is 0. The molecule has 0 spiro atoms. The van der Waals surface area contributed by atoms with Crippen molar-refractivity contribution in [1.29, 1.82) is 0 Å². The Morgan fingerprint density at radius 2 is 1.79 bits per heavy atom. The summed E-state index contributed by atoms with van der Waals surface area (Å²) in [5, 5.41) is 0. The van der Waals surface area contributed by atoms with Crippen molar-refractivity contribution in [3.63, 3.8) is 0 Å². The molecule has 2 rings (SSSR count). The second-order valence-corrected chi connectivity index (χ2v) is 5.80. The number of aryl methyl sites for hydroxylation is 1. The molecule has 0 saturated carbocycles. The molecule has 0 aliphatic carbocycles. The molecule has 1 saturated heterocycles. The molecular weight excluding hydrogens is 246 g/mol. The number of benzene rings is 1. The van der Waals surface area contributed by atoms with E-state index in [9.17, 15) is 4.39 Å². The van der Waals surface area contributed by atoms with Crippen LogP contribution in [-0.2, 0) is 9.31 Å². The lowest BCUT2D eigenvalue weighted by molar-refractivity contribution is 0.00578. The number of rotatable bonds is 2. The highest BCUT2D eigenvalue weighted by atomic mass is 19.1. The van der Waals surface area contributed by atoms with Crippen molar-refractivity contribution in [1.82, 2.24) is 0 Å². The first kappa shape index (κ1) is 10.7. The van der Waals surface area contributed by atoms with E-state index in [0.29, 0.717) is 5.56 Å². The predicted molar refractivity (Wildman–Crippen MR) is 73.4 cm³/mol. The fourth-order valence-corrected chi connectivity index (χ4v) is 1.95. The van der Waals surface area contributed by atoms with E-state index >= 15 is 0 Å². The summed E-state index contributed by atoms with van der Waals surface area (Å²) in [6.45, 7) is 8.94. The Morgan fingerprint density at radius 3 is 2.32 bits per heavy atom. The zero-order valence-electron chi connectivity index (χ0n) is 14.8. The molecule has 0 amide bonds. The van der Waals surface area contributed by atoms with Crippen molar-refractivity contribution >= 4 is 12.6 Å². The summed E-state index contributed by atoms with van der Waals surface area (Å²) >= 11 is 0. The maximum absolute atomic E-state index is 14.6. The maximum Gasteiger partial charge on any atom is 0.501 e. The van der Waals surface area contributed by atoms with Gasteiger partial charge in [-0.05, 0) is 46.2 Å². The first-order valence-electron chi connectivity index (χ1n) is 7.68. The fraction of sp³-hybridized carbons (Fsp3) is 0.571. The van der Waals surface area contributed by atoms with Crippen LogP contribution < -0.4 is 10.2 Å². The average molecular weight is 269 g/mol. The van der Waals surface area contributed by atoms with E-state index in [1.54, 1.807) is 6.92 Å². The normalized spacial score (nSPS) is 23.7. The van der Waals surface area contributed by atoms with Gasteiger partial charge in [-0.2, -0.15) is 0 Å². The summed E-state index contributed by atoms with van der Waals surface area (Å²) in [5.74, 6) is -0.679. The minimum Gasteiger partial charge on any atom is -0.497 e. The number of halogens is 1. The van der Waals surface area contributed by atoms with Crippen molar-refractivity contribution < 1.29 is 22.5 Å².